The molecule has 0 spiro atoms. The summed E-state index contributed by atoms with van der Waals surface area (Å²) >= 11 is 1.27. The Hall–Kier alpha value is -2.48. The van der Waals surface area contributed by atoms with Crippen LogP contribution < -0.4 is 15.4 Å². The lowest BCUT2D eigenvalue weighted by Crippen LogP contribution is -2.43. The summed E-state index contributed by atoms with van der Waals surface area (Å²) in [6.45, 7) is 1.67. The van der Waals surface area contributed by atoms with E-state index in [2.05, 4.69) is 20.8 Å². The van der Waals surface area contributed by atoms with Gasteiger partial charge in [0.25, 0.3) is 0 Å². The number of ether oxygens (including phenoxy) is 1. The number of carbonyl (C=O) groups is 2. The second-order valence-corrected chi connectivity index (χ2v) is 7.32. The molecule has 1 aromatic heterocycles. The van der Waals surface area contributed by atoms with E-state index in [1.807, 2.05) is 24.3 Å². The molecule has 0 bridgehead atoms. The summed E-state index contributed by atoms with van der Waals surface area (Å²) in [4.78, 5) is 24.4. The number of methoxy groups -OCH3 is 1. The molecule has 138 valence electrons. The number of hydrogen-bond acceptors (Lipinski definition) is 6. The Morgan fingerprint density at radius 3 is 2.77 bits per heavy atom. The molecule has 0 aliphatic heterocycles. The van der Waals surface area contributed by atoms with Crippen molar-refractivity contribution in [1.82, 2.24) is 15.5 Å². The first-order chi connectivity index (χ1) is 12.6. The van der Waals surface area contributed by atoms with Gasteiger partial charge in [-0.2, -0.15) is 0 Å². The average Bonchev–Trinajstić information content (AvgIpc) is 3.33. The Morgan fingerprint density at radius 1 is 1.27 bits per heavy atom. The van der Waals surface area contributed by atoms with Crippen LogP contribution in [0.3, 0.4) is 0 Å². The van der Waals surface area contributed by atoms with Crippen molar-refractivity contribution in [3.8, 4) is 16.3 Å². The molecule has 1 aliphatic rings. The zero-order valence-corrected chi connectivity index (χ0v) is 15.6. The van der Waals surface area contributed by atoms with Crippen LogP contribution in [0, 0.1) is 5.92 Å². The number of benzene rings is 1. The summed E-state index contributed by atoms with van der Waals surface area (Å²) in [7, 11) is 1.60. The topological polar surface area (TPSA) is 93.2 Å². The lowest BCUT2D eigenvalue weighted by molar-refractivity contribution is -0.128. The van der Waals surface area contributed by atoms with E-state index in [1.165, 1.54) is 11.3 Å². The number of nitrogens with one attached hydrogen (secondary N) is 2. The second-order valence-electron chi connectivity index (χ2n) is 6.35. The van der Waals surface area contributed by atoms with E-state index in [1.54, 1.807) is 14.0 Å². The Kier molecular flexibility index (Phi) is 5.82. The van der Waals surface area contributed by atoms with E-state index in [-0.39, 0.29) is 17.7 Å². The largest absolute Gasteiger partial charge is 0.497 e. The molecule has 1 aromatic carbocycles. The molecule has 1 atom stereocenters. The Labute approximate surface area is 156 Å². The van der Waals surface area contributed by atoms with Gasteiger partial charge in [-0.15, -0.1) is 10.2 Å². The van der Waals surface area contributed by atoms with Crippen LogP contribution in [-0.2, 0) is 9.59 Å². The predicted octanol–water partition coefficient (Wildman–Crippen LogP) is 2.85. The molecule has 1 unspecified atom stereocenters. The third kappa shape index (κ3) is 4.37. The van der Waals surface area contributed by atoms with Crippen molar-refractivity contribution < 1.29 is 14.3 Å². The molecule has 2 N–H and O–H groups in total. The van der Waals surface area contributed by atoms with Crippen LogP contribution in [0.1, 0.15) is 32.6 Å². The Balaban J connectivity index is 1.59. The summed E-state index contributed by atoms with van der Waals surface area (Å²) < 4.78 is 5.20. The average molecular weight is 374 g/mol. The lowest BCUT2D eigenvalue weighted by atomic mass is 10.1. The standard InChI is InChI=1S/C18H22N4O3S/c1-11(19-16(24)12-6-3-4-7-12)15(23)20-18-22-21-17(26-18)13-8-5-9-14(10-13)25-2/h5,8-12H,3-4,6-7H2,1-2H3,(H,19,24)(H,20,22,23). The molecule has 7 nitrogen and oxygen atoms in total. The van der Waals surface area contributed by atoms with Gasteiger partial charge >= 0.3 is 0 Å². The van der Waals surface area contributed by atoms with Crippen molar-refractivity contribution in [3.05, 3.63) is 24.3 Å². The Morgan fingerprint density at radius 2 is 2.04 bits per heavy atom. The van der Waals surface area contributed by atoms with Crippen LogP contribution in [0.4, 0.5) is 5.13 Å². The smallest absolute Gasteiger partial charge is 0.248 e. The van der Waals surface area contributed by atoms with Crippen molar-refractivity contribution in [2.45, 2.75) is 38.6 Å². The minimum Gasteiger partial charge on any atom is -0.497 e. The van der Waals surface area contributed by atoms with Gasteiger partial charge in [0.05, 0.1) is 7.11 Å². The van der Waals surface area contributed by atoms with E-state index in [0.717, 1.165) is 37.0 Å². The van der Waals surface area contributed by atoms with Crippen LogP contribution in [0.2, 0.25) is 0 Å². The number of hydrogen-bond donors (Lipinski definition) is 2. The van der Waals surface area contributed by atoms with E-state index < -0.39 is 6.04 Å². The SMILES string of the molecule is COc1cccc(-c2nnc(NC(=O)C(C)NC(=O)C3CCCC3)s2)c1. The quantitative estimate of drug-likeness (QED) is 0.811. The number of aromatic nitrogens is 2. The van der Waals surface area contributed by atoms with E-state index in [4.69, 9.17) is 4.74 Å². The van der Waals surface area contributed by atoms with Crippen molar-refractivity contribution in [2.24, 2.45) is 5.92 Å². The monoisotopic (exact) mass is 374 g/mol. The van der Waals surface area contributed by atoms with Crippen LogP contribution in [0.25, 0.3) is 10.6 Å². The predicted molar refractivity (Wildman–Crippen MR) is 100 cm³/mol. The summed E-state index contributed by atoms with van der Waals surface area (Å²) in [6, 6.07) is 6.86. The minimum absolute atomic E-state index is 0.0337. The molecule has 2 amide bonds. The van der Waals surface area contributed by atoms with Gasteiger partial charge < -0.3 is 10.1 Å². The van der Waals surface area contributed by atoms with Crippen LogP contribution in [0.15, 0.2) is 24.3 Å². The molecule has 3 rings (SSSR count). The third-order valence-corrected chi connectivity index (χ3v) is 5.34. The Bertz CT molecular complexity index is 786. The van der Waals surface area contributed by atoms with Crippen molar-refractivity contribution in [3.63, 3.8) is 0 Å². The first kappa shape index (κ1) is 18.3. The summed E-state index contributed by atoms with van der Waals surface area (Å²) in [5.41, 5.74) is 0.866. The molecule has 0 saturated heterocycles. The molecule has 1 heterocycles. The summed E-state index contributed by atoms with van der Waals surface area (Å²) in [6.07, 6.45) is 3.97. The second kappa shape index (κ2) is 8.27. The van der Waals surface area contributed by atoms with Gasteiger partial charge in [0.15, 0.2) is 0 Å². The molecule has 1 aliphatic carbocycles. The highest BCUT2D eigenvalue weighted by atomic mass is 32.1. The van der Waals surface area contributed by atoms with Crippen LogP contribution >= 0.6 is 11.3 Å². The first-order valence-corrected chi connectivity index (χ1v) is 9.47. The van der Waals surface area contributed by atoms with E-state index >= 15 is 0 Å². The number of nitrogens with zero attached hydrogens (tertiary/aromatic N) is 2. The molecule has 1 fully saturated rings. The third-order valence-electron chi connectivity index (χ3n) is 4.45. The highest BCUT2D eigenvalue weighted by molar-refractivity contribution is 7.18. The molecule has 26 heavy (non-hydrogen) atoms. The minimum atomic E-state index is -0.618. The van der Waals surface area contributed by atoms with Crippen molar-refractivity contribution in [1.29, 1.82) is 0 Å². The van der Waals surface area contributed by atoms with E-state index in [0.29, 0.717) is 10.1 Å². The first-order valence-electron chi connectivity index (χ1n) is 8.66. The number of rotatable bonds is 6. The maximum atomic E-state index is 12.3. The van der Waals surface area contributed by atoms with Gasteiger partial charge in [-0.3, -0.25) is 14.9 Å². The highest BCUT2D eigenvalue weighted by Gasteiger charge is 2.25. The van der Waals surface area contributed by atoms with Gasteiger partial charge in [-0.05, 0) is 31.9 Å². The van der Waals surface area contributed by atoms with Crippen molar-refractivity contribution in [2.75, 3.05) is 12.4 Å². The molecule has 8 heteroatoms. The maximum Gasteiger partial charge on any atom is 0.248 e. The molecular formula is C18H22N4O3S. The maximum absolute atomic E-state index is 12.3. The van der Waals surface area contributed by atoms with Crippen LogP contribution in [-0.4, -0.2) is 35.2 Å². The normalized spacial score (nSPS) is 15.5. The lowest BCUT2D eigenvalue weighted by Gasteiger charge is -2.15. The highest BCUT2D eigenvalue weighted by Crippen LogP contribution is 2.29. The zero-order valence-electron chi connectivity index (χ0n) is 14.8. The van der Waals surface area contributed by atoms with Gasteiger partial charge in [0.1, 0.15) is 16.8 Å². The van der Waals surface area contributed by atoms with Gasteiger partial charge in [0.2, 0.25) is 16.9 Å². The number of carbonyl (C=O) groups excluding carboxylic acids is 2. The summed E-state index contributed by atoms with van der Waals surface area (Å²) in [5.74, 6) is 0.419. The fourth-order valence-corrected chi connectivity index (χ4v) is 3.69. The number of amides is 2. The fraction of sp³-hybridized carbons (Fsp3) is 0.444. The molecule has 2 aromatic rings. The fourth-order valence-electron chi connectivity index (χ4n) is 2.94. The summed E-state index contributed by atoms with van der Waals surface area (Å²) in [5, 5.41) is 14.7. The molecule has 1 saturated carbocycles. The zero-order chi connectivity index (χ0) is 18.5. The van der Waals surface area contributed by atoms with Crippen molar-refractivity contribution >= 4 is 28.3 Å². The molecule has 0 radical (unpaired) electrons. The van der Waals surface area contributed by atoms with Crippen LogP contribution in [0.5, 0.6) is 5.75 Å². The molecular weight excluding hydrogens is 352 g/mol. The van der Waals surface area contributed by atoms with Gasteiger partial charge in [-0.25, -0.2) is 0 Å². The van der Waals surface area contributed by atoms with Gasteiger partial charge in [0, 0.05) is 11.5 Å². The van der Waals surface area contributed by atoms with E-state index in [9.17, 15) is 9.59 Å². The van der Waals surface area contributed by atoms with Gasteiger partial charge in [-0.1, -0.05) is 36.3 Å². The number of anilines is 1.